The topological polar surface area (TPSA) is 35.6 Å². The Balaban J connectivity index is 1.63. The molecule has 0 aromatic rings. The van der Waals surface area contributed by atoms with E-state index in [0.29, 0.717) is 24.0 Å². The second kappa shape index (κ2) is 4.25. The summed E-state index contributed by atoms with van der Waals surface area (Å²) < 4.78 is 0. The SMILES string of the molecule is CC1CN(C(=O)C2CC3CCC2N3)CCN1C. The molecule has 0 aromatic carbocycles. The lowest BCUT2D eigenvalue weighted by Gasteiger charge is -2.39. The summed E-state index contributed by atoms with van der Waals surface area (Å²) >= 11 is 0. The zero-order chi connectivity index (χ0) is 12.0. The monoisotopic (exact) mass is 237 g/mol. The van der Waals surface area contributed by atoms with Gasteiger partial charge in [-0.1, -0.05) is 0 Å². The molecule has 96 valence electrons. The van der Waals surface area contributed by atoms with Crippen LogP contribution in [0.2, 0.25) is 0 Å². The van der Waals surface area contributed by atoms with Gasteiger partial charge in [0.25, 0.3) is 0 Å². The smallest absolute Gasteiger partial charge is 0.227 e. The molecule has 3 rings (SSSR count). The van der Waals surface area contributed by atoms with Crippen LogP contribution in [0.5, 0.6) is 0 Å². The summed E-state index contributed by atoms with van der Waals surface area (Å²) in [6.07, 6.45) is 3.54. The van der Waals surface area contributed by atoms with Crippen LogP contribution < -0.4 is 5.32 Å². The molecule has 17 heavy (non-hydrogen) atoms. The summed E-state index contributed by atoms with van der Waals surface area (Å²) in [5.41, 5.74) is 0. The van der Waals surface area contributed by atoms with Crippen molar-refractivity contribution in [3.8, 4) is 0 Å². The first-order chi connectivity index (χ1) is 8.15. The standard InChI is InChI=1S/C13H23N3O/c1-9-8-16(6-5-15(9)2)13(17)11-7-10-3-4-12(11)14-10/h9-12,14H,3-8H2,1-2H3. The van der Waals surface area contributed by atoms with Crippen LogP contribution in [0.4, 0.5) is 0 Å². The minimum Gasteiger partial charge on any atom is -0.340 e. The lowest BCUT2D eigenvalue weighted by atomic mass is 9.88. The van der Waals surface area contributed by atoms with Gasteiger partial charge in [0, 0.05) is 37.8 Å². The summed E-state index contributed by atoms with van der Waals surface area (Å²) in [6, 6.07) is 1.60. The van der Waals surface area contributed by atoms with Crippen LogP contribution in [-0.4, -0.2) is 60.5 Å². The zero-order valence-electron chi connectivity index (χ0n) is 10.9. The van der Waals surface area contributed by atoms with Gasteiger partial charge in [-0.3, -0.25) is 4.79 Å². The fourth-order valence-corrected chi connectivity index (χ4v) is 3.58. The van der Waals surface area contributed by atoms with Crippen LogP contribution in [0.25, 0.3) is 0 Å². The fourth-order valence-electron chi connectivity index (χ4n) is 3.58. The first-order valence-electron chi connectivity index (χ1n) is 6.90. The van der Waals surface area contributed by atoms with Crippen LogP contribution >= 0.6 is 0 Å². The van der Waals surface area contributed by atoms with Gasteiger partial charge < -0.3 is 15.1 Å². The van der Waals surface area contributed by atoms with Gasteiger partial charge in [0.05, 0.1) is 5.92 Å². The molecule has 4 unspecified atom stereocenters. The van der Waals surface area contributed by atoms with Gasteiger partial charge >= 0.3 is 0 Å². The summed E-state index contributed by atoms with van der Waals surface area (Å²) in [7, 11) is 2.14. The molecule has 1 N–H and O–H groups in total. The zero-order valence-corrected chi connectivity index (χ0v) is 10.9. The normalized spacial score (nSPS) is 42.1. The average Bonchev–Trinajstić information content (AvgIpc) is 2.93. The molecule has 0 aromatic heterocycles. The van der Waals surface area contributed by atoms with Crippen molar-refractivity contribution < 1.29 is 4.79 Å². The molecule has 0 spiro atoms. The highest BCUT2D eigenvalue weighted by Gasteiger charge is 2.44. The third-order valence-electron chi connectivity index (χ3n) is 4.89. The van der Waals surface area contributed by atoms with Crippen molar-refractivity contribution in [2.24, 2.45) is 5.92 Å². The molecule has 2 bridgehead atoms. The Morgan fingerprint density at radius 2 is 2.12 bits per heavy atom. The largest absolute Gasteiger partial charge is 0.340 e. The molecule has 4 atom stereocenters. The minimum atomic E-state index is 0.268. The number of amides is 1. The predicted octanol–water partition coefficient (Wildman–Crippen LogP) is 0.289. The molecule has 4 heteroatoms. The van der Waals surface area contributed by atoms with Gasteiger partial charge in [0.1, 0.15) is 0 Å². The second-order valence-corrected chi connectivity index (χ2v) is 6.00. The number of carbonyl (C=O) groups excluding carboxylic acids is 1. The van der Waals surface area contributed by atoms with E-state index in [2.05, 4.69) is 29.1 Å². The number of hydrogen-bond acceptors (Lipinski definition) is 3. The maximum absolute atomic E-state index is 12.5. The highest BCUT2D eigenvalue weighted by atomic mass is 16.2. The van der Waals surface area contributed by atoms with E-state index in [4.69, 9.17) is 0 Å². The first kappa shape index (κ1) is 11.5. The van der Waals surface area contributed by atoms with Crippen molar-refractivity contribution in [3.05, 3.63) is 0 Å². The van der Waals surface area contributed by atoms with Crippen molar-refractivity contribution in [1.82, 2.24) is 15.1 Å². The Bertz CT molecular complexity index is 320. The Labute approximate surface area is 103 Å². The molecule has 4 nitrogen and oxygen atoms in total. The summed E-state index contributed by atoms with van der Waals surface area (Å²) in [5.74, 6) is 0.675. The Hall–Kier alpha value is -0.610. The molecule has 0 saturated carbocycles. The molecule has 1 amide bonds. The Morgan fingerprint density at radius 1 is 1.29 bits per heavy atom. The number of hydrogen-bond donors (Lipinski definition) is 1. The van der Waals surface area contributed by atoms with Crippen LogP contribution in [0.3, 0.4) is 0 Å². The van der Waals surface area contributed by atoms with Crippen LogP contribution in [0, 0.1) is 5.92 Å². The summed E-state index contributed by atoms with van der Waals surface area (Å²) in [5, 5.41) is 3.56. The number of nitrogens with zero attached hydrogens (tertiary/aromatic N) is 2. The van der Waals surface area contributed by atoms with E-state index < -0.39 is 0 Å². The second-order valence-electron chi connectivity index (χ2n) is 6.00. The lowest BCUT2D eigenvalue weighted by molar-refractivity contribution is -0.138. The van der Waals surface area contributed by atoms with E-state index in [1.165, 1.54) is 12.8 Å². The third kappa shape index (κ3) is 1.97. The highest BCUT2D eigenvalue weighted by molar-refractivity contribution is 5.80. The quantitative estimate of drug-likeness (QED) is 0.712. The fraction of sp³-hybridized carbons (Fsp3) is 0.923. The molecule has 3 fully saturated rings. The molecule has 0 radical (unpaired) electrons. The Morgan fingerprint density at radius 3 is 2.71 bits per heavy atom. The van der Waals surface area contributed by atoms with Crippen molar-refractivity contribution in [2.45, 2.75) is 44.3 Å². The molecule has 3 aliphatic heterocycles. The molecular weight excluding hydrogens is 214 g/mol. The molecule has 3 heterocycles. The minimum absolute atomic E-state index is 0.268. The van der Waals surface area contributed by atoms with Gasteiger partial charge in [-0.05, 0) is 33.2 Å². The van der Waals surface area contributed by atoms with Gasteiger partial charge in [-0.25, -0.2) is 0 Å². The third-order valence-corrected chi connectivity index (χ3v) is 4.89. The number of carbonyl (C=O) groups is 1. The van der Waals surface area contributed by atoms with Gasteiger partial charge in [-0.15, -0.1) is 0 Å². The number of likely N-dealkylation sites (N-methyl/N-ethyl adjacent to an activating group) is 1. The lowest BCUT2D eigenvalue weighted by Crippen LogP contribution is -2.54. The number of piperazine rings is 1. The maximum atomic E-state index is 12.5. The number of nitrogens with one attached hydrogen (secondary N) is 1. The molecular formula is C13H23N3O. The maximum Gasteiger partial charge on any atom is 0.227 e. The van der Waals surface area contributed by atoms with Gasteiger partial charge in [-0.2, -0.15) is 0 Å². The average molecular weight is 237 g/mol. The number of fused-ring (bicyclic) bond motifs is 2. The van der Waals surface area contributed by atoms with E-state index in [1.807, 2.05) is 0 Å². The molecule has 0 aliphatic carbocycles. The van der Waals surface area contributed by atoms with Crippen LogP contribution in [-0.2, 0) is 4.79 Å². The van der Waals surface area contributed by atoms with E-state index in [-0.39, 0.29) is 5.92 Å². The summed E-state index contributed by atoms with van der Waals surface area (Å²) in [4.78, 5) is 16.9. The van der Waals surface area contributed by atoms with Crippen LogP contribution in [0.15, 0.2) is 0 Å². The van der Waals surface area contributed by atoms with Crippen molar-refractivity contribution in [1.29, 1.82) is 0 Å². The summed E-state index contributed by atoms with van der Waals surface area (Å²) in [6.45, 7) is 5.04. The molecule has 3 aliphatic rings. The molecule has 3 saturated heterocycles. The number of rotatable bonds is 1. The van der Waals surface area contributed by atoms with E-state index in [0.717, 1.165) is 26.1 Å². The first-order valence-corrected chi connectivity index (χ1v) is 6.90. The Kier molecular flexibility index (Phi) is 2.87. The predicted molar refractivity (Wildman–Crippen MR) is 66.7 cm³/mol. The highest BCUT2D eigenvalue weighted by Crippen LogP contribution is 2.34. The van der Waals surface area contributed by atoms with Gasteiger partial charge in [0.2, 0.25) is 5.91 Å². The van der Waals surface area contributed by atoms with E-state index in [1.54, 1.807) is 0 Å². The van der Waals surface area contributed by atoms with Crippen molar-refractivity contribution in [2.75, 3.05) is 26.7 Å². The van der Waals surface area contributed by atoms with Crippen LogP contribution in [0.1, 0.15) is 26.2 Å². The van der Waals surface area contributed by atoms with E-state index in [9.17, 15) is 4.79 Å². The van der Waals surface area contributed by atoms with Crippen molar-refractivity contribution >= 4 is 5.91 Å². The van der Waals surface area contributed by atoms with Crippen molar-refractivity contribution in [3.63, 3.8) is 0 Å². The van der Waals surface area contributed by atoms with E-state index >= 15 is 0 Å². The van der Waals surface area contributed by atoms with Gasteiger partial charge in [0.15, 0.2) is 0 Å².